The van der Waals surface area contributed by atoms with Crippen molar-refractivity contribution in [2.24, 2.45) is 5.92 Å². The molecule has 0 amide bonds. The Labute approximate surface area is 115 Å². The first-order valence-electron chi connectivity index (χ1n) is 5.67. The molecular weight excluding hydrogens is 293 g/mol. The molecule has 4 nitrogen and oxygen atoms in total. The summed E-state index contributed by atoms with van der Waals surface area (Å²) >= 11 is 0. The summed E-state index contributed by atoms with van der Waals surface area (Å²) in [5.41, 5.74) is -0.854. The average molecular weight is 306 g/mol. The van der Waals surface area contributed by atoms with Crippen molar-refractivity contribution in [1.29, 1.82) is 5.26 Å². The lowest BCUT2D eigenvalue weighted by Crippen LogP contribution is -2.29. The van der Waals surface area contributed by atoms with Gasteiger partial charge < -0.3 is 0 Å². The van der Waals surface area contributed by atoms with Crippen LogP contribution >= 0.6 is 0 Å². The van der Waals surface area contributed by atoms with Crippen molar-refractivity contribution in [3.63, 3.8) is 0 Å². The van der Waals surface area contributed by atoms with Crippen LogP contribution in [0.2, 0.25) is 0 Å². The fraction of sp³-hybridized carbons (Fsp3) is 0.417. The molecule has 20 heavy (non-hydrogen) atoms. The highest BCUT2D eigenvalue weighted by Gasteiger charge is 2.30. The highest BCUT2D eigenvalue weighted by molar-refractivity contribution is 7.88. The van der Waals surface area contributed by atoms with E-state index in [2.05, 4.69) is 4.72 Å². The number of hydrogen-bond donors (Lipinski definition) is 1. The number of hydrogen-bond acceptors (Lipinski definition) is 3. The Balaban J connectivity index is 2.81. The van der Waals surface area contributed by atoms with Crippen LogP contribution in [0, 0.1) is 17.2 Å². The molecular formula is C12H13F3N2O2S. The van der Waals surface area contributed by atoms with Crippen LogP contribution in [0.1, 0.15) is 18.1 Å². The van der Waals surface area contributed by atoms with Gasteiger partial charge in [-0.2, -0.15) is 18.4 Å². The Hall–Kier alpha value is -1.59. The Morgan fingerprint density at radius 1 is 1.40 bits per heavy atom. The first-order valence-corrected chi connectivity index (χ1v) is 7.32. The summed E-state index contributed by atoms with van der Waals surface area (Å²) in [6.45, 7) is 1.46. The summed E-state index contributed by atoms with van der Waals surface area (Å²) in [7, 11) is -3.77. The van der Waals surface area contributed by atoms with E-state index in [1.165, 1.54) is 13.0 Å². The number of rotatable bonds is 5. The number of halogens is 3. The number of alkyl halides is 3. The molecule has 0 bridgehead atoms. The van der Waals surface area contributed by atoms with Crippen LogP contribution in [0.25, 0.3) is 0 Å². The van der Waals surface area contributed by atoms with Crippen LogP contribution in [0.4, 0.5) is 13.2 Å². The van der Waals surface area contributed by atoms with E-state index in [0.29, 0.717) is 0 Å². The van der Waals surface area contributed by atoms with Crippen LogP contribution < -0.4 is 4.72 Å². The fourth-order valence-electron chi connectivity index (χ4n) is 1.41. The minimum absolute atomic E-state index is 0.0388. The first kappa shape index (κ1) is 16.5. The Morgan fingerprint density at radius 2 is 2.05 bits per heavy atom. The van der Waals surface area contributed by atoms with Crippen molar-refractivity contribution in [3.8, 4) is 6.07 Å². The van der Waals surface area contributed by atoms with Crippen LogP contribution in [0.15, 0.2) is 24.3 Å². The maximum atomic E-state index is 12.5. The maximum absolute atomic E-state index is 12.5. The van der Waals surface area contributed by atoms with E-state index in [1.807, 2.05) is 6.07 Å². The Morgan fingerprint density at radius 3 is 2.60 bits per heavy atom. The summed E-state index contributed by atoms with van der Waals surface area (Å²) in [5.74, 6) is -1.07. The van der Waals surface area contributed by atoms with Crippen LogP contribution in [0.3, 0.4) is 0 Å². The zero-order valence-electron chi connectivity index (χ0n) is 10.6. The lowest BCUT2D eigenvalue weighted by atomic mass is 10.1. The summed E-state index contributed by atoms with van der Waals surface area (Å²) < 4.78 is 63.0. The number of benzene rings is 1. The van der Waals surface area contributed by atoms with Crippen molar-refractivity contribution in [3.05, 3.63) is 35.4 Å². The van der Waals surface area contributed by atoms with E-state index in [4.69, 9.17) is 5.26 Å². The molecule has 0 saturated carbocycles. The van der Waals surface area contributed by atoms with Crippen LogP contribution in [-0.2, 0) is 22.0 Å². The van der Waals surface area contributed by atoms with Crippen molar-refractivity contribution in [2.75, 3.05) is 6.54 Å². The highest BCUT2D eigenvalue weighted by atomic mass is 32.2. The Kier molecular flexibility index (Phi) is 5.14. The van der Waals surface area contributed by atoms with Gasteiger partial charge in [-0.15, -0.1) is 0 Å². The SMILES string of the molecule is C[C@H](C#N)CNS(=O)(=O)Cc1cccc(C(F)(F)F)c1. The second kappa shape index (κ2) is 6.24. The molecule has 0 aromatic heterocycles. The summed E-state index contributed by atoms with van der Waals surface area (Å²) in [6.07, 6.45) is -4.51. The summed E-state index contributed by atoms with van der Waals surface area (Å²) in [4.78, 5) is 0. The lowest BCUT2D eigenvalue weighted by Gasteiger charge is -2.10. The van der Waals surface area contributed by atoms with E-state index < -0.39 is 33.4 Å². The minimum atomic E-state index is -4.51. The zero-order valence-corrected chi connectivity index (χ0v) is 11.4. The number of nitrogens with zero attached hydrogens (tertiary/aromatic N) is 1. The highest BCUT2D eigenvalue weighted by Crippen LogP contribution is 2.29. The molecule has 0 radical (unpaired) electrons. The van der Waals surface area contributed by atoms with Gasteiger partial charge in [-0.25, -0.2) is 13.1 Å². The molecule has 1 rings (SSSR count). The summed E-state index contributed by atoms with van der Waals surface area (Å²) in [6, 6.07) is 6.00. The molecule has 0 fully saturated rings. The molecule has 8 heteroatoms. The minimum Gasteiger partial charge on any atom is -0.214 e. The molecule has 0 aliphatic carbocycles. The average Bonchev–Trinajstić information content (AvgIpc) is 2.35. The van der Waals surface area contributed by atoms with Gasteiger partial charge in [-0.1, -0.05) is 18.2 Å². The van der Waals surface area contributed by atoms with Gasteiger partial charge in [0.1, 0.15) is 0 Å². The molecule has 1 aromatic rings. The maximum Gasteiger partial charge on any atom is 0.416 e. The number of sulfonamides is 1. The zero-order chi connectivity index (χ0) is 15.4. The van der Waals surface area contributed by atoms with E-state index in [-0.39, 0.29) is 12.1 Å². The molecule has 0 unspecified atom stereocenters. The third-order valence-corrected chi connectivity index (χ3v) is 3.76. The van der Waals surface area contributed by atoms with Gasteiger partial charge in [0.2, 0.25) is 10.0 Å². The lowest BCUT2D eigenvalue weighted by molar-refractivity contribution is -0.137. The number of nitriles is 1. The predicted molar refractivity (Wildman–Crippen MR) is 66.8 cm³/mol. The topological polar surface area (TPSA) is 70.0 Å². The second-order valence-electron chi connectivity index (χ2n) is 4.34. The number of nitrogens with one attached hydrogen (secondary N) is 1. The van der Waals surface area contributed by atoms with Crippen molar-refractivity contribution >= 4 is 10.0 Å². The van der Waals surface area contributed by atoms with Gasteiger partial charge >= 0.3 is 6.18 Å². The smallest absolute Gasteiger partial charge is 0.214 e. The molecule has 0 spiro atoms. The van der Waals surface area contributed by atoms with Gasteiger partial charge in [0.15, 0.2) is 0 Å². The van der Waals surface area contributed by atoms with Gasteiger partial charge in [0.05, 0.1) is 23.3 Å². The third-order valence-electron chi connectivity index (χ3n) is 2.44. The van der Waals surface area contributed by atoms with Crippen LogP contribution in [-0.4, -0.2) is 15.0 Å². The molecule has 110 valence electrons. The largest absolute Gasteiger partial charge is 0.416 e. The quantitative estimate of drug-likeness (QED) is 0.907. The van der Waals surface area contributed by atoms with Crippen LogP contribution in [0.5, 0.6) is 0 Å². The fourth-order valence-corrected chi connectivity index (χ4v) is 2.63. The van der Waals surface area contributed by atoms with Crippen molar-refractivity contribution in [2.45, 2.75) is 18.9 Å². The van der Waals surface area contributed by atoms with E-state index in [9.17, 15) is 21.6 Å². The van der Waals surface area contributed by atoms with Gasteiger partial charge in [-0.3, -0.25) is 0 Å². The first-order chi connectivity index (χ1) is 9.14. The molecule has 0 saturated heterocycles. The Bertz CT molecular complexity index is 606. The van der Waals surface area contributed by atoms with Gasteiger partial charge in [-0.05, 0) is 18.6 Å². The molecule has 0 aliphatic rings. The molecule has 1 atom stereocenters. The molecule has 0 aliphatic heterocycles. The monoisotopic (exact) mass is 306 g/mol. The normalized spacial score (nSPS) is 13.8. The standard InChI is InChI=1S/C12H13F3N2O2S/c1-9(6-16)7-17-20(18,19)8-10-3-2-4-11(5-10)12(13,14)15/h2-5,9,17H,7-8H2,1H3/t9-/m1/s1. The van der Waals surface area contributed by atoms with Crippen molar-refractivity contribution < 1.29 is 21.6 Å². The summed E-state index contributed by atoms with van der Waals surface area (Å²) in [5, 5.41) is 8.54. The van der Waals surface area contributed by atoms with Crippen molar-refractivity contribution in [1.82, 2.24) is 4.72 Å². The second-order valence-corrected chi connectivity index (χ2v) is 6.14. The van der Waals surface area contributed by atoms with Gasteiger partial charge in [0.25, 0.3) is 0 Å². The predicted octanol–water partition coefficient (Wildman–Crippen LogP) is 2.28. The third kappa shape index (κ3) is 5.19. The van der Waals surface area contributed by atoms with E-state index >= 15 is 0 Å². The van der Waals surface area contributed by atoms with E-state index in [0.717, 1.165) is 18.2 Å². The van der Waals surface area contributed by atoms with Gasteiger partial charge in [0, 0.05) is 6.54 Å². The molecule has 0 heterocycles. The van der Waals surface area contributed by atoms with E-state index in [1.54, 1.807) is 0 Å². The molecule has 1 N–H and O–H groups in total. The molecule has 1 aromatic carbocycles.